The zero-order valence-corrected chi connectivity index (χ0v) is 20.2. The molecule has 2 fully saturated rings. The zero-order valence-electron chi connectivity index (χ0n) is 19.5. The summed E-state index contributed by atoms with van der Waals surface area (Å²) in [7, 11) is 0. The topological polar surface area (TPSA) is 62.2 Å². The average Bonchev–Trinajstić information content (AvgIpc) is 2.81. The average molecular weight is 474 g/mol. The highest BCUT2D eigenvalue weighted by Crippen LogP contribution is 2.34. The van der Waals surface area contributed by atoms with Crippen molar-refractivity contribution in [3.8, 4) is 5.75 Å². The highest BCUT2D eigenvalue weighted by Gasteiger charge is 2.32. The van der Waals surface area contributed by atoms with Crippen LogP contribution in [0.4, 0.5) is 0 Å². The first-order valence-electron chi connectivity index (χ1n) is 12.2. The molecule has 33 heavy (non-hydrogen) atoms. The van der Waals surface area contributed by atoms with Crippen molar-refractivity contribution in [3.05, 3.63) is 64.2 Å². The number of hydrogen-bond acceptors (Lipinski definition) is 5. The minimum Gasteiger partial charge on any atom is -0.494 e. The predicted octanol–water partition coefficient (Wildman–Crippen LogP) is 4.61. The van der Waals surface area contributed by atoms with Crippen LogP contribution in [0.5, 0.6) is 5.75 Å². The van der Waals surface area contributed by atoms with Gasteiger partial charge < -0.3 is 24.6 Å². The van der Waals surface area contributed by atoms with E-state index in [0.717, 1.165) is 60.8 Å². The molecule has 0 radical (unpaired) electrons. The molecule has 2 aliphatic rings. The molecule has 0 aliphatic carbocycles. The fourth-order valence-electron chi connectivity index (χ4n) is 5.10. The largest absolute Gasteiger partial charge is 0.494 e. The van der Waals surface area contributed by atoms with Gasteiger partial charge in [-0.15, -0.1) is 0 Å². The van der Waals surface area contributed by atoms with Gasteiger partial charge in [-0.25, -0.2) is 0 Å². The molecular weight excluding hydrogens is 438 g/mol. The van der Waals surface area contributed by atoms with E-state index in [1.54, 1.807) is 0 Å². The highest BCUT2D eigenvalue weighted by molar-refractivity contribution is 6.31. The number of aliphatic hydroxyl groups is 2. The van der Waals surface area contributed by atoms with E-state index in [4.69, 9.17) is 21.1 Å². The van der Waals surface area contributed by atoms with Crippen molar-refractivity contribution < 1.29 is 19.7 Å². The zero-order chi connectivity index (χ0) is 23.2. The Bertz CT molecular complexity index is 890. The summed E-state index contributed by atoms with van der Waals surface area (Å²) < 4.78 is 12.0. The van der Waals surface area contributed by atoms with Crippen LogP contribution in [0.3, 0.4) is 0 Å². The van der Waals surface area contributed by atoms with Gasteiger partial charge in [0.1, 0.15) is 5.75 Å². The molecule has 2 saturated heterocycles. The molecule has 4 atom stereocenters. The number of nitrogens with zero attached hydrogens (tertiary/aromatic N) is 1. The fraction of sp³-hybridized carbons (Fsp3) is 0.556. The van der Waals surface area contributed by atoms with Crippen LogP contribution in [0.25, 0.3) is 0 Å². The lowest BCUT2D eigenvalue weighted by Crippen LogP contribution is -2.44. The normalized spacial score (nSPS) is 26.3. The lowest BCUT2D eigenvalue weighted by molar-refractivity contribution is -0.109. The molecule has 5 nitrogen and oxygen atoms in total. The second-order valence-electron chi connectivity index (χ2n) is 9.43. The summed E-state index contributed by atoms with van der Waals surface area (Å²) >= 11 is 6.54. The molecule has 0 aromatic heterocycles. The van der Waals surface area contributed by atoms with Crippen molar-refractivity contribution in [1.29, 1.82) is 0 Å². The van der Waals surface area contributed by atoms with Gasteiger partial charge in [-0.1, -0.05) is 35.9 Å². The van der Waals surface area contributed by atoms with Gasteiger partial charge in [-0.3, -0.25) is 0 Å². The summed E-state index contributed by atoms with van der Waals surface area (Å²) in [6.07, 6.45) is 3.64. The summed E-state index contributed by atoms with van der Waals surface area (Å²) in [5.74, 6) is 1.22. The Kier molecular flexibility index (Phi) is 8.67. The van der Waals surface area contributed by atoms with Gasteiger partial charge in [-0.2, -0.15) is 0 Å². The van der Waals surface area contributed by atoms with Gasteiger partial charge in [0.15, 0.2) is 0 Å². The van der Waals surface area contributed by atoms with E-state index >= 15 is 0 Å². The van der Waals surface area contributed by atoms with E-state index in [1.807, 2.05) is 31.2 Å². The summed E-state index contributed by atoms with van der Waals surface area (Å²) in [5, 5.41) is 20.9. The minimum absolute atomic E-state index is 0.0126. The fourth-order valence-corrected chi connectivity index (χ4v) is 5.28. The molecule has 2 aromatic carbocycles. The molecule has 2 aromatic rings. The Balaban J connectivity index is 1.43. The number of aliphatic hydroxyl groups excluding tert-OH is 2. The van der Waals surface area contributed by atoms with E-state index < -0.39 is 0 Å². The predicted molar refractivity (Wildman–Crippen MR) is 131 cm³/mol. The first-order chi connectivity index (χ1) is 16.0. The molecule has 2 heterocycles. The number of rotatable bonds is 8. The van der Waals surface area contributed by atoms with Crippen LogP contribution in [0.15, 0.2) is 42.5 Å². The Morgan fingerprint density at radius 3 is 2.73 bits per heavy atom. The van der Waals surface area contributed by atoms with Gasteiger partial charge >= 0.3 is 0 Å². The Labute approximate surface area is 202 Å². The molecule has 4 rings (SSSR count). The quantitative estimate of drug-likeness (QED) is 0.586. The maximum Gasteiger partial charge on any atom is 0.119 e. The summed E-state index contributed by atoms with van der Waals surface area (Å²) in [6.45, 7) is 5.62. The van der Waals surface area contributed by atoms with E-state index in [1.165, 1.54) is 5.56 Å². The first kappa shape index (κ1) is 24.5. The van der Waals surface area contributed by atoms with Gasteiger partial charge in [0, 0.05) is 37.6 Å². The monoisotopic (exact) mass is 473 g/mol. The second kappa shape index (κ2) is 11.7. The van der Waals surface area contributed by atoms with Gasteiger partial charge in [-0.05, 0) is 73.5 Å². The summed E-state index contributed by atoms with van der Waals surface area (Å²) in [4.78, 5) is 2.38. The molecule has 2 N–H and O–H groups in total. The van der Waals surface area contributed by atoms with Crippen LogP contribution in [-0.2, 0) is 11.2 Å². The maximum absolute atomic E-state index is 10.6. The molecule has 180 valence electrons. The summed E-state index contributed by atoms with van der Waals surface area (Å²) in [6, 6.07) is 14.2. The van der Waals surface area contributed by atoms with Crippen LogP contribution in [0, 0.1) is 5.92 Å². The van der Waals surface area contributed by atoms with Crippen LogP contribution in [0.1, 0.15) is 55.4 Å². The van der Waals surface area contributed by atoms with Crippen LogP contribution in [-0.4, -0.2) is 60.2 Å². The molecule has 0 spiro atoms. The van der Waals surface area contributed by atoms with E-state index in [-0.39, 0.29) is 24.9 Å². The smallest absolute Gasteiger partial charge is 0.119 e. The molecule has 6 heteroatoms. The number of halogens is 1. The third-order valence-corrected chi connectivity index (χ3v) is 7.14. The van der Waals surface area contributed by atoms with Gasteiger partial charge in [0.2, 0.25) is 0 Å². The van der Waals surface area contributed by atoms with Crippen molar-refractivity contribution in [2.75, 3.05) is 32.8 Å². The maximum atomic E-state index is 10.6. The van der Waals surface area contributed by atoms with E-state index in [0.29, 0.717) is 25.4 Å². The molecular formula is C27H36ClNO4. The Morgan fingerprint density at radius 2 is 1.97 bits per heavy atom. The SMILES string of the molecule is CCOc1ccc(Cc2cc(C3CC(O)CC(CN4CCCC(CO)C4)O3)ccc2Cl)cc1. The third-order valence-electron chi connectivity index (χ3n) is 6.77. The number of benzene rings is 2. The van der Waals surface area contributed by atoms with Crippen molar-refractivity contribution in [1.82, 2.24) is 4.90 Å². The Hall–Kier alpha value is -1.63. The first-order valence-corrected chi connectivity index (χ1v) is 12.6. The van der Waals surface area contributed by atoms with Crippen molar-refractivity contribution >= 4 is 11.6 Å². The lowest BCUT2D eigenvalue weighted by atomic mass is 9.93. The van der Waals surface area contributed by atoms with Crippen LogP contribution in [0.2, 0.25) is 5.02 Å². The second-order valence-corrected chi connectivity index (χ2v) is 9.83. The van der Waals surface area contributed by atoms with Crippen LogP contribution >= 0.6 is 11.6 Å². The van der Waals surface area contributed by atoms with Gasteiger partial charge in [0.25, 0.3) is 0 Å². The van der Waals surface area contributed by atoms with Crippen molar-refractivity contribution in [2.45, 2.75) is 57.3 Å². The molecule has 2 aliphatic heterocycles. The lowest BCUT2D eigenvalue weighted by Gasteiger charge is -2.39. The minimum atomic E-state index is -0.377. The van der Waals surface area contributed by atoms with E-state index in [2.05, 4.69) is 23.1 Å². The van der Waals surface area contributed by atoms with Crippen molar-refractivity contribution in [2.24, 2.45) is 5.92 Å². The molecule has 0 bridgehead atoms. The van der Waals surface area contributed by atoms with Crippen molar-refractivity contribution in [3.63, 3.8) is 0 Å². The van der Waals surface area contributed by atoms with Crippen LogP contribution < -0.4 is 4.74 Å². The standard InChI is InChI=1S/C27H36ClNO4/c1-2-32-24-8-5-19(6-9-24)12-22-13-21(7-10-26(22)28)27-15-23(31)14-25(33-27)17-29-11-3-4-20(16-29)18-30/h5-10,13,20,23,25,27,30-31H,2-4,11-12,14-18H2,1H3. The highest BCUT2D eigenvalue weighted by atomic mass is 35.5. The van der Waals surface area contributed by atoms with Gasteiger partial charge in [0.05, 0.1) is 24.9 Å². The summed E-state index contributed by atoms with van der Waals surface area (Å²) in [5.41, 5.74) is 3.29. The Morgan fingerprint density at radius 1 is 1.15 bits per heavy atom. The molecule has 0 saturated carbocycles. The molecule has 0 amide bonds. The number of likely N-dealkylation sites (tertiary alicyclic amines) is 1. The third kappa shape index (κ3) is 6.71. The number of hydrogen-bond donors (Lipinski definition) is 2. The van der Waals surface area contributed by atoms with E-state index in [9.17, 15) is 10.2 Å². The number of ether oxygens (including phenoxy) is 2. The molecule has 4 unspecified atom stereocenters. The number of piperidine rings is 1.